The molecule has 1 aliphatic rings. The Labute approximate surface area is 200 Å². The Kier molecular flexibility index (Phi) is 8.31. The van der Waals surface area contributed by atoms with Gasteiger partial charge in [-0.15, -0.1) is 0 Å². The van der Waals surface area contributed by atoms with Gasteiger partial charge in [-0.3, -0.25) is 14.9 Å². The molecule has 0 bridgehead atoms. The molecule has 0 atom stereocenters. The lowest BCUT2D eigenvalue weighted by Gasteiger charge is -2.19. The molecule has 0 aromatic heterocycles. The summed E-state index contributed by atoms with van der Waals surface area (Å²) in [6.45, 7) is 6.11. The summed E-state index contributed by atoms with van der Waals surface area (Å²) >= 11 is 0. The number of hydrogen-bond donors (Lipinski definition) is 2. The second-order valence-electron chi connectivity index (χ2n) is 9.01. The zero-order valence-electron chi connectivity index (χ0n) is 19.8. The van der Waals surface area contributed by atoms with E-state index >= 15 is 0 Å². The number of amides is 3. The highest BCUT2D eigenvalue weighted by Gasteiger charge is 2.26. The number of ether oxygens (including phenoxy) is 2. The molecule has 0 aliphatic carbocycles. The Balaban J connectivity index is 1.42. The van der Waals surface area contributed by atoms with Crippen LogP contribution < -0.4 is 15.4 Å². The first-order valence-electron chi connectivity index (χ1n) is 11.4. The molecule has 178 valence electrons. The fraction of sp³-hybridized carbons (Fsp3) is 0.370. The molecule has 34 heavy (non-hydrogen) atoms. The summed E-state index contributed by atoms with van der Waals surface area (Å²) in [7, 11) is 0. The third-order valence-electron chi connectivity index (χ3n) is 4.91. The maximum atomic E-state index is 12.2. The highest BCUT2D eigenvalue weighted by atomic mass is 16.6. The smallest absolute Gasteiger partial charge is 0.407 e. The molecule has 2 aromatic carbocycles. The van der Waals surface area contributed by atoms with Gasteiger partial charge in [0.2, 0.25) is 5.91 Å². The lowest BCUT2D eigenvalue weighted by atomic mass is 9.99. The minimum atomic E-state index is -0.483. The first-order valence-corrected chi connectivity index (χ1v) is 11.4. The van der Waals surface area contributed by atoms with Crippen molar-refractivity contribution in [2.75, 3.05) is 6.54 Å². The topological polar surface area (TPSA) is 93.7 Å². The van der Waals surface area contributed by atoms with Crippen LogP contribution in [0.5, 0.6) is 11.5 Å². The van der Waals surface area contributed by atoms with Crippen LogP contribution in [0, 0.1) is 11.8 Å². The molecule has 0 spiro atoms. The Morgan fingerprint density at radius 2 is 1.82 bits per heavy atom. The first-order chi connectivity index (χ1) is 16.2. The number of carbonyl (C=O) groups excluding carboxylic acids is 3. The predicted octanol–water partition coefficient (Wildman–Crippen LogP) is 4.73. The summed E-state index contributed by atoms with van der Waals surface area (Å²) in [6, 6.07) is 12.6. The Morgan fingerprint density at radius 3 is 2.56 bits per heavy atom. The van der Waals surface area contributed by atoms with Crippen molar-refractivity contribution in [2.24, 2.45) is 0 Å². The average Bonchev–Trinajstić information content (AvgIpc) is 2.75. The van der Waals surface area contributed by atoms with Gasteiger partial charge in [0.25, 0.3) is 5.91 Å². The van der Waals surface area contributed by atoms with E-state index < -0.39 is 11.5 Å². The van der Waals surface area contributed by atoms with E-state index in [9.17, 15) is 14.4 Å². The number of alkyl carbamates (subject to hydrolysis) is 1. The van der Waals surface area contributed by atoms with Crippen LogP contribution in [0.3, 0.4) is 0 Å². The van der Waals surface area contributed by atoms with Gasteiger partial charge in [-0.2, -0.15) is 0 Å². The molecule has 3 rings (SSSR count). The highest BCUT2D eigenvalue weighted by Crippen LogP contribution is 2.29. The molecule has 3 amide bonds. The van der Waals surface area contributed by atoms with Gasteiger partial charge in [-0.25, -0.2) is 4.79 Å². The highest BCUT2D eigenvalue weighted by molar-refractivity contribution is 6.11. The Bertz CT molecular complexity index is 1100. The van der Waals surface area contributed by atoms with E-state index in [2.05, 4.69) is 22.5 Å². The predicted molar refractivity (Wildman–Crippen MR) is 129 cm³/mol. The molecule has 0 unspecified atom stereocenters. The maximum absolute atomic E-state index is 12.2. The second-order valence-corrected chi connectivity index (χ2v) is 9.01. The van der Waals surface area contributed by atoms with E-state index in [4.69, 9.17) is 9.47 Å². The van der Waals surface area contributed by atoms with Crippen molar-refractivity contribution in [3.05, 3.63) is 59.2 Å². The number of fused-ring (bicyclic) bond motifs is 1. The number of carbonyl (C=O) groups is 3. The SMILES string of the molecule is CC(C)(C)OC(=O)NCCCCCC#Cc1ccc(Oc2cccc3c2C(=O)NC(=O)C3)cc1. The zero-order valence-corrected chi connectivity index (χ0v) is 19.8. The van der Waals surface area contributed by atoms with Crippen molar-refractivity contribution in [1.82, 2.24) is 10.6 Å². The van der Waals surface area contributed by atoms with Gasteiger partial charge < -0.3 is 14.8 Å². The van der Waals surface area contributed by atoms with Crippen molar-refractivity contribution in [3.8, 4) is 23.3 Å². The lowest BCUT2D eigenvalue weighted by Crippen LogP contribution is -2.37. The largest absolute Gasteiger partial charge is 0.457 e. The van der Waals surface area contributed by atoms with Crippen molar-refractivity contribution < 1.29 is 23.9 Å². The summed E-state index contributed by atoms with van der Waals surface area (Å²) in [5, 5.41) is 5.08. The van der Waals surface area contributed by atoms with E-state index in [-0.39, 0.29) is 18.4 Å². The van der Waals surface area contributed by atoms with E-state index in [1.807, 2.05) is 32.9 Å². The minimum Gasteiger partial charge on any atom is -0.457 e. The van der Waals surface area contributed by atoms with E-state index in [0.29, 0.717) is 29.2 Å². The quantitative estimate of drug-likeness (QED) is 0.353. The van der Waals surface area contributed by atoms with Crippen molar-refractivity contribution in [3.63, 3.8) is 0 Å². The van der Waals surface area contributed by atoms with Gasteiger partial charge in [-0.05, 0) is 69.5 Å². The Morgan fingerprint density at radius 1 is 1.06 bits per heavy atom. The summed E-state index contributed by atoms with van der Waals surface area (Å²) in [5.74, 6) is 6.55. The van der Waals surface area contributed by atoms with Crippen LogP contribution in [-0.4, -0.2) is 30.1 Å². The summed E-state index contributed by atoms with van der Waals surface area (Å²) in [5.41, 5.74) is 1.45. The summed E-state index contributed by atoms with van der Waals surface area (Å²) in [4.78, 5) is 35.4. The third kappa shape index (κ3) is 7.66. The van der Waals surface area contributed by atoms with Gasteiger partial charge >= 0.3 is 6.09 Å². The van der Waals surface area contributed by atoms with Crippen LogP contribution in [-0.2, 0) is 16.0 Å². The molecule has 0 saturated heterocycles. The molecule has 1 aliphatic heterocycles. The molecule has 2 aromatic rings. The fourth-order valence-electron chi connectivity index (χ4n) is 3.39. The number of unbranched alkanes of at least 4 members (excludes halogenated alkanes) is 3. The van der Waals surface area contributed by atoms with Gasteiger partial charge in [-0.1, -0.05) is 30.4 Å². The molecule has 0 saturated carbocycles. The normalized spacial score (nSPS) is 12.7. The van der Waals surface area contributed by atoms with Gasteiger partial charge in [0.1, 0.15) is 17.1 Å². The van der Waals surface area contributed by atoms with Crippen molar-refractivity contribution in [1.29, 1.82) is 0 Å². The molecule has 7 nitrogen and oxygen atoms in total. The number of hydrogen-bond acceptors (Lipinski definition) is 5. The van der Waals surface area contributed by atoms with Crippen LogP contribution in [0.15, 0.2) is 42.5 Å². The number of nitrogens with one attached hydrogen (secondary N) is 2. The van der Waals surface area contributed by atoms with Gasteiger partial charge in [0.05, 0.1) is 12.0 Å². The van der Waals surface area contributed by atoms with E-state index in [1.165, 1.54) is 0 Å². The molecule has 1 heterocycles. The third-order valence-corrected chi connectivity index (χ3v) is 4.91. The minimum absolute atomic E-state index is 0.160. The second kappa shape index (κ2) is 11.4. The van der Waals surface area contributed by atoms with Gasteiger partial charge in [0, 0.05) is 18.5 Å². The van der Waals surface area contributed by atoms with Crippen LogP contribution in [0.25, 0.3) is 0 Å². The van der Waals surface area contributed by atoms with Crippen molar-refractivity contribution in [2.45, 2.75) is 58.5 Å². The summed E-state index contributed by atoms with van der Waals surface area (Å²) in [6.07, 6.45) is 3.35. The lowest BCUT2D eigenvalue weighted by molar-refractivity contribution is -0.119. The van der Waals surface area contributed by atoms with E-state index in [0.717, 1.165) is 31.2 Å². The van der Waals surface area contributed by atoms with Gasteiger partial charge in [0.15, 0.2) is 0 Å². The fourth-order valence-corrected chi connectivity index (χ4v) is 3.39. The Hall–Kier alpha value is -3.79. The molecule has 2 N–H and O–H groups in total. The number of imide groups is 1. The maximum Gasteiger partial charge on any atom is 0.407 e. The van der Waals surface area contributed by atoms with Crippen LogP contribution in [0.2, 0.25) is 0 Å². The van der Waals surface area contributed by atoms with Crippen molar-refractivity contribution >= 4 is 17.9 Å². The average molecular weight is 463 g/mol. The first kappa shape index (κ1) is 24.8. The molecular weight excluding hydrogens is 432 g/mol. The molecule has 0 fully saturated rings. The monoisotopic (exact) mass is 462 g/mol. The summed E-state index contributed by atoms with van der Waals surface area (Å²) < 4.78 is 11.1. The standard InChI is InChI=1S/C27H30N2O5/c1-27(2,3)34-26(32)28-17-8-6-4-5-7-10-19-13-15-21(16-14-19)33-22-12-9-11-20-18-23(30)29-25(31)24(20)22/h9,11-16H,4-6,8,17-18H2,1-3H3,(H,28,32)(H,29,30,31). The number of rotatable bonds is 7. The molecular formula is C27H30N2O5. The van der Waals surface area contributed by atoms with E-state index in [1.54, 1.807) is 30.3 Å². The molecule has 0 radical (unpaired) electrons. The number of benzene rings is 2. The van der Waals surface area contributed by atoms with Crippen LogP contribution >= 0.6 is 0 Å². The zero-order chi connectivity index (χ0) is 24.6. The molecule has 7 heteroatoms. The van der Waals surface area contributed by atoms with Crippen LogP contribution in [0.1, 0.15) is 67.9 Å². The van der Waals surface area contributed by atoms with Crippen LogP contribution in [0.4, 0.5) is 4.79 Å².